The van der Waals surface area contributed by atoms with Crippen LogP contribution in [-0.2, 0) is 5.41 Å². The van der Waals surface area contributed by atoms with Gasteiger partial charge in [0.25, 0.3) is 0 Å². The molecule has 0 saturated heterocycles. The maximum absolute atomic E-state index is 9.53. The number of para-hydroxylation sites is 1. The Morgan fingerprint density at radius 2 is 1.37 bits per heavy atom. The van der Waals surface area contributed by atoms with E-state index in [9.17, 15) is 5.26 Å². The van der Waals surface area contributed by atoms with Crippen molar-refractivity contribution in [3.63, 3.8) is 0 Å². The number of dihydropyridines is 1. The lowest BCUT2D eigenvalue weighted by Gasteiger charge is -2.22. The second-order valence-corrected chi connectivity index (χ2v) is 13.8. The van der Waals surface area contributed by atoms with Gasteiger partial charge >= 0.3 is 0 Å². The van der Waals surface area contributed by atoms with Crippen LogP contribution in [0.4, 0.5) is 0 Å². The summed E-state index contributed by atoms with van der Waals surface area (Å²) < 4.78 is 6.57. The number of amidine groups is 1. The molecule has 1 unspecified atom stereocenters. The van der Waals surface area contributed by atoms with Crippen LogP contribution in [0.3, 0.4) is 0 Å². The van der Waals surface area contributed by atoms with Crippen molar-refractivity contribution in [2.45, 2.75) is 25.4 Å². The Morgan fingerprint density at radius 1 is 0.706 bits per heavy atom. The lowest BCUT2D eigenvalue weighted by Crippen LogP contribution is -2.42. The topological polar surface area (TPSA) is 84.8 Å². The van der Waals surface area contributed by atoms with Crippen LogP contribution in [0.1, 0.15) is 36.1 Å². The molecule has 1 atom stereocenters. The van der Waals surface area contributed by atoms with Crippen molar-refractivity contribution in [1.82, 2.24) is 10.6 Å². The first kappa shape index (κ1) is 30.4. The van der Waals surface area contributed by atoms with Crippen molar-refractivity contribution in [2.24, 2.45) is 0 Å². The molecule has 0 fully saturated rings. The summed E-state index contributed by atoms with van der Waals surface area (Å²) in [4.78, 5) is 0. The third-order valence-electron chi connectivity index (χ3n) is 10.4. The van der Waals surface area contributed by atoms with Gasteiger partial charge in [-0.3, -0.25) is 5.41 Å². The zero-order chi connectivity index (χ0) is 34.7. The Hall–Kier alpha value is -6.64. The highest BCUT2D eigenvalue weighted by molar-refractivity contribution is 6.10. The molecule has 0 saturated carbocycles. The van der Waals surface area contributed by atoms with Gasteiger partial charge < -0.3 is 15.1 Å². The van der Waals surface area contributed by atoms with E-state index in [2.05, 4.69) is 128 Å². The molecule has 3 N–H and O–H groups in total. The zero-order valence-corrected chi connectivity index (χ0v) is 28.3. The largest absolute Gasteiger partial charge is 0.455 e. The quantitative estimate of drug-likeness (QED) is 0.127. The number of hydrogen-bond acceptors (Lipinski definition) is 4. The third kappa shape index (κ3) is 5.12. The van der Waals surface area contributed by atoms with E-state index >= 15 is 0 Å². The minimum atomic E-state index is -0.215. The van der Waals surface area contributed by atoms with Gasteiger partial charge in [-0.05, 0) is 98.8 Å². The number of furan rings is 1. The monoisotopic (exact) mass is 658 g/mol. The van der Waals surface area contributed by atoms with Crippen molar-refractivity contribution in [1.29, 1.82) is 10.7 Å². The zero-order valence-electron chi connectivity index (χ0n) is 28.3. The van der Waals surface area contributed by atoms with Crippen molar-refractivity contribution in [3.05, 3.63) is 168 Å². The molecule has 244 valence electrons. The van der Waals surface area contributed by atoms with Crippen LogP contribution in [0.2, 0.25) is 0 Å². The molecule has 0 bridgehead atoms. The number of nitrogens with zero attached hydrogens (tertiary/aromatic N) is 1. The fraction of sp³-hybridized carbons (Fsp3) is 0.0870. The summed E-state index contributed by atoms with van der Waals surface area (Å²) in [6, 6.07) is 44.6. The number of hydrogen-bond donors (Lipinski definition) is 3. The second kappa shape index (κ2) is 11.8. The lowest BCUT2D eigenvalue weighted by molar-refractivity contribution is 0.654. The van der Waals surface area contributed by atoms with E-state index in [1.165, 1.54) is 22.3 Å². The van der Waals surface area contributed by atoms with Gasteiger partial charge in [0, 0.05) is 27.3 Å². The second-order valence-electron chi connectivity index (χ2n) is 13.8. The Bertz CT molecular complexity index is 2630. The highest BCUT2D eigenvalue weighted by Crippen LogP contribution is 2.50. The molecule has 0 spiro atoms. The summed E-state index contributed by atoms with van der Waals surface area (Å²) in [6.45, 7) is 4.49. The average Bonchev–Trinajstić information content (AvgIpc) is 3.66. The normalized spacial score (nSPS) is 15.3. The number of rotatable bonds is 5. The van der Waals surface area contributed by atoms with Gasteiger partial charge in [-0.15, -0.1) is 0 Å². The maximum Gasteiger partial charge on any atom is 0.143 e. The number of benzene rings is 6. The highest BCUT2D eigenvalue weighted by atomic mass is 16.3. The Morgan fingerprint density at radius 3 is 2.10 bits per heavy atom. The molecule has 9 rings (SSSR count). The molecule has 6 aromatic carbocycles. The first-order chi connectivity index (χ1) is 24.9. The van der Waals surface area contributed by atoms with Crippen molar-refractivity contribution >= 4 is 27.8 Å². The van der Waals surface area contributed by atoms with Crippen LogP contribution < -0.4 is 10.6 Å². The van der Waals surface area contributed by atoms with Crippen LogP contribution >= 0.6 is 0 Å². The number of fused-ring (bicyclic) bond motifs is 6. The Labute approximate surface area is 296 Å². The predicted octanol–water partition coefficient (Wildman–Crippen LogP) is 10.7. The lowest BCUT2D eigenvalue weighted by atomic mass is 9.81. The smallest absolute Gasteiger partial charge is 0.143 e. The van der Waals surface area contributed by atoms with Crippen molar-refractivity contribution < 1.29 is 4.42 Å². The molecular weight excluding hydrogens is 625 g/mol. The van der Waals surface area contributed by atoms with Crippen LogP contribution in [0.5, 0.6) is 0 Å². The molecule has 1 aliphatic heterocycles. The molecular formula is C46H34N4O. The van der Waals surface area contributed by atoms with E-state index in [1.807, 2.05) is 48.7 Å². The fourth-order valence-corrected chi connectivity index (χ4v) is 7.64. The molecule has 7 aromatic rings. The molecule has 51 heavy (non-hydrogen) atoms. The van der Waals surface area contributed by atoms with Gasteiger partial charge in [-0.2, -0.15) is 5.26 Å². The summed E-state index contributed by atoms with van der Waals surface area (Å²) in [6.07, 6.45) is 7.66. The van der Waals surface area contributed by atoms with Gasteiger partial charge in [0.1, 0.15) is 23.2 Å². The van der Waals surface area contributed by atoms with Crippen molar-refractivity contribution in [2.75, 3.05) is 0 Å². The highest BCUT2D eigenvalue weighted by Gasteiger charge is 2.36. The first-order valence-corrected chi connectivity index (χ1v) is 17.2. The van der Waals surface area contributed by atoms with E-state index in [-0.39, 0.29) is 11.6 Å². The molecule has 2 aliphatic rings. The minimum absolute atomic E-state index is 0.0896. The van der Waals surface area contributed by atoms with Gasteiger partial charge in [0.05, 0.1) is 11.6 Å². The van der Waals surface area contributed by atoms with Gasteiger partial charge in [0.2, 0.25) is 0 Å². The van der Waals surface area contributed by atoms with E-state index in [4.69, 9.17) is 9.83 Å². The number of allylic oxidation sites excluding steroid dienone is 2. The fourth-order valence-electron chi connectivity index (χ4n) is 7.64. The molecule has 0 amide bonds. The van der Waals surface area contributed by atoms with E-state index in [1.54, 1.807) is 0 Å². The summed E-state index contributed by atoms with van der Waals surface area (Å²) in [5.41, 5.74) is 14.6. The number of nitrogens with one attached hydrogen (secondary N) is 3. The molecule has 5 heteroatoms. The van der Waals surface area contributed by atoms with Crippen molar-refractivity contribution in [3.8, 4) is 50.6 Å². The molecule has 1 aliphatic carbocycles. The van der Waals surface area contributed by atoms with Crippen LogP contribution in [0, 0.1) is 16.7 Å². The molecule has 2 heterocycles. The summed E-state index contributed by atoms with van der Waals surface area (Å²) in [5.74, 6) is 0.377. The third-order valence-corrected chi connectivity index (χ3v) is 10.4. The molecule has 0 radical (unpaired) electrons. The number of nitriles is 1. The van der Waals surface area contributed by atoms with Crippen LogP contribution in [0.15, 0.2) is 150 Å². The van der Waals surface area contributed by atoms with E-state index < -0.39 is 0 Å². The first-order valence-electron chi connectivity index (χ1n) is 17.2. The van der Waals surface area contributed by atoms with Gasteiger partial charge in [-0.25, -0.2) is 0 Å². The predicted molar refractivity (Wildman–Crippen MR) is 207 cm³/mol. The Balaban J connectivity index is 0.995. The molecule has 5 nitrogen and oxygen atoms in total. The average molecular weight is 659 g/mol. The summed E-state index contributed by atoms with van der Waals surface area (Å²) in [5, 5.41) is 26.6. The van der Waals surface area contributed by atoms with Gasteiger partial charge in [-0.1, -0.05) is 111 Å². The van der Waals surface area contributed by atoms with E-state index in [0.717, 1.165) is 60.9 Å². The summed E-state index contributed by atoms with van der Waals surface area (Å²) in [7, 11) is 0. The van der Waals surface area contributed by atoms with E-state index in [0.29, 0.717) is 11.4 Å². The SMILES string of the molecule is CC1(C)c2cc(C#N)ccc2-c2ccc(-c3cccc4c3oc3ccc(-c5ccc(-c6ccc(C(=N)NC7C=CC=CN7)cc6)cc5)cc34)cc21. The summed E-state index contributed by atoms with van der Waals surface area (Å²) >= 11 is 0. The van der Waals surface area contributed by atoms with Crippen LogP contribution in [0.25, 0.3) is 66.4 Å². The minimum Gasteiger partial charge on any atom is -0.455 e. The maximum atomic E-state index is 9.53. The van der Waals surface area contributed by atoms with Gasteiger partial charge in [0.15, 0.2) is 0 Å². The molecule has 1 aromatic heterocycles. The Kier molecular flexibility index (Phi) is 7.01. The van der Waals surface area contributed by atoms with Crippen LogP contribution in [-0.4, -0.2) is 12.0 Å². The standard InChI is InChI=1S/C46H34N4O/c1-46(2)40-24-28(27-47)9-20-36(40)37-21-18-34(26-41(37)46)35-6-5-7-38-39-25-33(19-22-42(39)51-44(35)38)31-12-10-29(11-13-31)30-14-16-32(17-15-30)45(48)50-43-8-3-4-23-49-43/h3-26,43,49H,1-2H3,(H2,48,50).